The van der Waals surface area contributed by atoms with Crippen molar-refractivity contribution in [3.8, 4) is 11.5 Å². The number of ketones is 2. The van der Waals surface area contributed by atoms with E-state index in [1.54, 1.807) is 0 Å². The van der Waals surface area contributed by atoms with Gasteiger partial charge >= 0.3 is 0 Å². The second-order valence-electron chi connectivity index (χ2n) is 24.3. The first-order chi connectivity index (χ1) is 45.9. The van der Waals surface area contributed by atoms with Gasteiger partial charge in [0.05, 0.1) is 0 Å². The molecular weight excluding hydrogens is 1130 g/mol. The topological polar surface area (TPSA) is 43.4 Å². The van der Waals surface area contributed by atoms with Crippen LogP contribution in [-0.2, 0) is 61.0 Å². The summed E-state index contributed by atoms with van der Waals surface area (Å²) in [5.41, 5.74) is 23.9. The van der Waals surface area contributed by atoms with E-state index in [0.29, 0.717) is 33.8 Å². The quantitative estimate of drug-likeness (QED) is 0.0679. The zero-order chi connectivity index (χ0) is 62.7. The lowest BCUT2D eigenvalue weighted by atomic mass is 9.86. The highest BCUT2D eigenvalue weighted by molar-refractivity contribution is 6.60. The van der Waals surface area contributed by atoms with Crippen molar-refractivity contribution in [3.63, 3.8) is 0 Å². The molecule has 0 saturated carbocycles. The van der Waals surface area contributed by atoms with E-state index in [4.69, 9.17) is 4.74 Å². The fraction of sp³-hybridized carbons (Fsp3) is 0.0889. The molecule has 3 nitrogen and oxygen atoms in total. The van der Waals surface area contributed by atoms with E-state index in [2.05, 4.69) is 231 Å². The molecule has 0 bridgehead atoms. The van der Waals surface area contributed by atoms with E-state index < -0.39 is 0 Å². The summed E-state index contributed by atoms with van der Waals surface area (Å²) < 4.78 is 6.81. The number of allylic oxidation sites excluding steroid dienone is 8. The third kappa shape index (κ3) is 13.5. The van der Waals surface area contributed by atoms with Gasteiger partial charge in [0.15, 0.2) is 11.6 Å². The maximum absolute atomic E-state index is 15.6. The molecule has 0 amide bonds. The lowest BCUT2D eigenvalue weighted by Gasteiger charge is -2.18. The molecule has 0 unspecified atom stereocenters. The molecule has 0 radical (unpaired) electrons. The largest absolute Gasteiger partial charge is 0.457 e. The average molecular weight is 1200 g/mol. The Kier molecular flexibility index (Phi) is 17.8. The summed E-state index contributed by atoms with van der Waals surface area (Å²) in [6, 6.07) is 114. The summed E-state index contributed by atoms with van der Waals surface area (Å²) in [7, 11) is 0. The van der Waals surface area contributed by atoms with Crippen molar-refractivity contribution in [3.05, 3.63) is 417 Å². The van der Waals surface area contributed by atoms with Gasteiger partial charge in [0, 0.05) is 44.6 Å². The fourth-order valence-corrected chi connectivity index (χ4v) is 13.5. The molecule has 14 rings (SSSR count). The fourth-order valence-electron chi connectivity index (χ4n) is 13.5. The van der Waals surface area contributed by atoms with Crippen molar-refractivity contribution < 1.29 is 14.3 Å². The van der Waals surface area contributed by atoms with Gasteiger partial charge in [0.1, 0.15) is 11.5 Å². The van der Waals surface area contributed by atoms with Crippen molar-refractivity contribution in [1.82, 2.24) is 0 Å². The van der Waals surface area contributed by atoms with E-state index in [1.807, 2.05) is 97.1 Å². The molecule has 0 aliphatic heterocycles. The first-order valence-corrected chi connectivity index (χ1v) is 32.5. The van der Waals surface area contributed by atoms with Gasteiger partial charge < -0.3 is 4.74 Å². The highest BCUT2D eigenvalue weighted by Gasteiger charge is 2.38. The third-order valence-electron chi connectivity index (χ3n) is 18.0. The number of hydrogen-bond donors (Lipinski definition) is 0. The van der Waals surface area contributed by atoms with Crippen LogP contribution in [0.1, 0.15) is 89.0 Å². The number of rotatable bonds is 22. The van der Waals surface area contributed by atoms with Gasteiger partial charge in [0.25, 0.3) is 0 Å². The molecule has 3 heteroatoms. The van der Waals surface area contributed by atoms with Gasteiger partial charge in [-0.25, -0.2) is 0 Å². The van der Waals surface area contributed by atoms with Gasteiger partial charge in [0.2, 0.25) is 0 Å². The highest BCUT2D eigenvalue weighted by Crippen LogP contribution is 2.52. The molecule has 0 fully saturated rings. The minimum absolute atomic E-state index is 0.000920. The predicted molar refractivity (Wildman–Crippen MR) is 384 cm³/mol. The summed E-state index contributed by atoms with van der Waals surface area (Å²) >= 11 is 0. The molecule has 2 aliphatic carbocycles. The number of ether oxygens (including phenoxy) is 1. The monoisotopic (exact) mass is 1200 g/mol. The van der Waals surface area contributed by atoms with E-state index in [0.717, 1.165) is 118 Å². The molecule has 448 valence electrons. The number of benzene rings is 12. The zero-order valence-electron chi connectivity index (χ0n) is 52.1. The van der Waals surface area contributed by atoms with Crippen molar-refractivity contribution in [1.29, 1.82) is 0 Å². The van der Waals surface area contributed by atoms with Crippen molar-refractivity contribution in [2.24, 2.45) is 0 Å². The summed E-state index contributed by atoms with van der Waals surface area (Å²) in [4.78, 5) is 31.2. The van der Waals surface area contributed by atoms with Gasteiger partial charge in [-0.3, -0.25) is 9.59 Å². The van der Waals surface area contributed by atoms with Crippen molar-refractivity contribution in [2.75, 3.05) is 0 Å². The first-order valence-electron chi connectivity index (χ1n) is 32.5. The molecule has 0 saturated heterocycles. The molecule has 0 N–H and O–H groups in total. The number of hydrogen-bond acceptors (Lipinski definition) is 3. The maximum atomic E-state index is 15.6. The maximum Gasteiger partial charge on any atom is 0.195 e. The minimum atomic E-state index is 0.000920. The summed E-state index contributed by atoms with van der Waals surface area (Å²) in [5, 5.41) is 0. The lowest BCUT2D eigenvalue weighted by Crippen LogP contribution is -2.02. The van der Waals surface area contributed by atoms with Crippen LogP contribution in [0.4, 0.5) is 0 Å². The highest BCUT2D eigenvalue weighted by atomic mass is 16.5. The number of aryl methyl sites for hydroxylation is 8. The number of Topliss-reactive ketones (excluding diaryl/α,β-unsaturated/α-hetero) is 2. The Morgan fingerprint density at radius 1 is 0.172 bits per heavy atom. The molecular formula is C90H70O3. The molecule has 12 aromatic rings. The van der Waals surface area contributed by atoms with Crippen LogP contribution in [0.2, 0.25) is 0 Å². The Hall–Kier alpha value is -11.3. The van der Waals surface area contributed by atoms with Crippen molar-refractivity contribution >= 4 is 56.2 Å². The van der Waals surface area contributed by atoms with Crippen LogP contribution < -0.4 is 4.74 Å². The van der Waals surface area contributed by atoms with Crippen LogP contribution in [0, 0.1) is 0 Å². The molecule has 2 aliphatic rings. The van der Waals surface area contributed by atoms with E-state index >= 15 is 9.59 Å². The smallest absolute Gasteiger partial charge is 0.195 e. The van der Waals surface area contributed by atoms with Gasteiger partial charge in [-0.05, 0) is 165 Å². The van der Waals surface area contributed by atoms with E-state index in [1.165, 1.54) is 44.5 Å². The Labute approximate surface area is 546 Å². The predicted octanol–water partition coefficient (Wildman–Crippen LogP) is 20.8. The molecule has 0 atom stereocenters. The normalized spacial score (nSPS) is 13.2. The molecule has 0 spiro atoms. The Balaban J connectivity index is 0.840. The molecule has 12 aromatic carbocycles. The number of carbonyl (C=O) groups is 2. The Bertz CT molecular complexity index is 4310. The van der Waals surface area contributed by atoms with Crippen molar-refractivity contribution in [2.45, 2.75) is 51.4 Å². The molecule has 0 heterocycles. The minimum Gasteiger partial charge on any atom is -0.457 e. The van der Waals surface area contributed by atoms with Crippen LogP contribution in [0.3, 0.4) is 0 Å². The summed E-state index contributed by atoms with van der Waals surface area (Å²) in [6.45, 7) is 0. The van der Waals surface area contributed by atoms with Crippen LogP contribution >= 0.6 is 0 Å². The molecule has 93 heavy (non-hydrogen) atoms. The Morgan fingerprint density at radius 2 is 0.366 bits per heavy atom. The van der Waals surface area contributed by atoms with E-state index in [9.17, 15) is 0 Å². The van der Waals surface area contributed by atoms with Crippen LogP contribution in [0.15, 0.2) is 328 Å². The van der Waals surface area contributed by atoms with Gasteiger partial charge in [-0.1, -0.05) is 303 Å². The standard InChI is InChI=1S/C90H70O3/c91-89-85(71-33-17-5-18-34-71)81(83(87(89)73-37-21-7-22-38-73)77-59-67(45-41-63-25-9-1-10-26-63)57-68(60-77)46-42-64-27-11-2-12-28-64)75-49-53-79(54-50-75)93-80-55-51-76(52-56-80)82-84(88(74-39-23-8-24-40-74)90(92)86(82)72-35-19-6-20-36-72)78-61-69(47-43-65-29-13-3-14-30-65)58-70(62-78)48-44-66-31-15-4-16-32-66/h1-40,49-62H,41-48H2. The summed E-state index contributed by atoms with van der Waals surface area (Å²) in [6.07, 6.45) is 7.00. The second-order valence-corrected chi connectivity index (χ2v) is 24.3. The Morgan fingerprint density at radius 3 is 0.602 bits per heavy atom. The van der Waals surface area contributed by atoms with Crippen LogP contribution in [-0.4, -0.2) is 11.6 Å². The SMILES string of the molecule is O=C1C(c2ccccc2)=C(c2ccc(Oc3ccc(C4=C(c5ccccc5)C(=O)C(c5ccccc5)=C4c4cc(CCc5ccccc5)cc(CCc5ccccc5)c4)cc3)cc2)C(c2cc(CCc3ccccc3)cc(CCc3ccccc3)c2)=C1c1ccccc1. The lowest BCUT2D eigenvalue weighted by molar-refractivity contribution is -0.109. The second kappa shape index (κ2) is 27.9. The number of carbonyl (C=O) groups excluding carboxylic acids is 2. The zero-order valence-corrected chi connectivity index (χ0v) is 52.1. The molecule has 0 aromatic heterocycles. The first kappa shape index (κ1) is 59.4. The summed E-state index contributed by atoms with van der Waals surface area (Å²) in [5.74, 6) is 1.31. The van der Waals surface area contributed by atoms with Crippen LogP contribution in [0.5, 0.6) is 11.5 Å². The average Bonchev–Trinajstić information content (AvgIpc) is 1.61. The van der Waals surface area contributed by atoms with Crippen LogP contribution in [0.25, 0.3) is 44.6 Å². The van der Waals surface area contributed by atoms with Gasteiger partial charge in [-0.2, -0.15) is 0 Å². The van der Waals surface area contributed by atoms with E-state index in [-0.39, 0.29) is 11.6 Å². The van der Waals surface area contributed by atoms with Gasteiger partial charge in [-0.15, -0.1) is 0 Å². The third-order valence-corrected chi connectivity index (χ3v) is 18.0.